The summed E-state index contributed by atoms with van der Waals surface area (Å²) in [6, 6.07) is 8.34. The molecule has 0 unspecified atom stereocenters. The van der Waals surface area contributed by atoms with Crippen LogP contribution >= 0.6 is 0 Å². The molecule has 0 saturated carbocycles. The number of aromatic nitrogens is 2. The van der Waals surface area contributed by atoms with E-state index in [2.05, 4.69) is 64.8 Å². The fourth-order valence-electron chi connectivity index (χ4n) is 4.24. The van der Waals surface area contributed by atoms with Crippen LogP contribution in [0.5, 0.6) is 0 Å². The van der Waals surface area contributed by atoms with Crippen LogP contribution in [0.1, 0.15) is 12.8 Å². The van der Waals surface area contributed by atoms with Gasteiger partial charge < -0.3 is 5.32 Å². The van der Waals surface area contributed by atoms with Crippen LogP contribution in [0.3, 0.4) is 0 Å². The lowest BCUT2D eigenvalue weighted by molar-refractivity contribution is -0.117. The van der Waals surface area contributed by atoms with Crippen LogP contribution in [0.15, 0.2) is 30.5 Å². The zero-order valence-electron chi connectivity index (χ0n) is 17.7. The van der Waals surface area contributed by atoms with E-state index in [0.29, 0.717) is 12.4 Å². The molecule has 1 aliphatic heterocycles. The SMILES string of the molecule is Bc1nc(B)c(-c2ccc3cnc(NC(=O)CN4CCCC4)cc3c2)c(B)c1B. The van der Waals surface area contributed by atoms with Gasteiger partial charge in [0.25, 0.3) is 0 Å². The number of carbonyl (C=O) groups is 1. The number of pyridine rings is 2. The summed E-state index contributed by atoms with van der Waals surface area (Å²) in [6.45, 7) is 2.45. The van der Waals surface area contributed by atoms with E-state index in [0.717, 1.165) is 40.6 Å². The Balaban J connectivity index is 1.64. The Kier molecular flexibility index (Phi) is 5.50. The summed E-state index contributed by atoms with van der Waals surface area (Å²) in [6.07, 6.45) is 4.18. The van der Waals surface area contributed by atoms with Gasteiger partial charge in [0.15, 0.2) is 15.7 Å². The Morgan fingerprint density at radius 3 is 2.52 bits per heavy atom. The number of benzene rings is 1. The van der Waals surface area contributed by atoms with Gasteiger partial charge in [0.1, 0.15) is 21.5 Å². The van der Waals surface area contributed by atoms with E-state index < -0.39 is 0 Å². The molecule has 2 aromatic heterocycles. The molecule has 29 heavy (non-hydrogen) atoms. The second-order valence-corrected chi connectivity index (χ2v) is 8.07. The first-order valence-electron chi connectivity index (χ1n) is 10.3. The molecule has 1 aliphatic rings. The number of nitrogens with zero attached hydrogens (tertiary/aromatic N) is 3. The smallest absolute Gasteiger partial charge is 0.239 e. The summed E-state index contributed by atoms with van der Waals surface area (Å²) in [7, 11) is 8.41. The predicted molar refractivity (Wildman–Crippen MR) is 132 cm³/mol. The highest BCUT2D eigenvalue weighted by molar-refractivity contribution is 6.59. The van der Waals surface area contributed by atoms with Gasteiger partial charge >= 0.3 is 0 Å². The molecule has 1 fully saturated rings. The van der Waals surface area contributed by atoms with Gasteiger partial charge in [-0.25, -0.2) is 4.98 Å². The fraction of sp³-hybridized carbons (Fsp3) is 0.250. The van der Waals surface area contributed by atoms with E-state index in [1.54, 1.807) is 0 Å². The highest BCUT2D eigenvalue weighted by Gasteiger charge is 2.16. The van der Waals surface area contributed by atoms with Crippen LogP contribution in [0.2, 0.25) is 0 Å². The number of carbonyl (C=O) groups excluding carboxylic acids is 1. The van der Waals surface area contributed by atoms with E-state index >= 15 is 0 Å². The Bertz CT molecular complexity index is 1100. The number of rotatable bonds is 4. The van der Waals surface area contributed by atoms with Gasteiger partial charge in [-0.3, -0.25) is 14.7 Å². The van der Waals surface area contributed by atoms with Gasteiger partial charge in [0.2, 0.25) is 5.91 Å². The van der Waals surface area contributed by atoms with Crippen molar-refractivity contribution in [1.82, 2.24) is 14.9 Å². The topological polar surface area (TPSA) is 58.1 Å². The van der Waals surface area contributed by atoms with Crippen LogP contribution in [-0.2, 0) is 4.79 Å². The Hall–Kier alpha value is -2.53. The maximum Gasteiger partial charge on any atom is 0.239 e. The average molecular weight is 380 g/mol. The summed E-state index contributed by atoms with van der Waals surface area (Å²) in [5.41, 5.74) is 6.95. The van der Waals surface area contributed by atoms with Crippen molar-refractivity contribution in [2.75, 3.05) is 25.0 Å². The molecule has 142 valence electrons. The number of likely N-dealkylation sites (tertiary alicyclic amines) is 1. The first-order chi connectivity index (χ1) is 13.9. The minimum absolute atomic E-state index is 0.0000437. The normalized spacial score (nSPS) is 14.3. The van der Waals surface area contributed by atoms with Crippen molar-refractivity contribution in [1.29, 1.82) is 0 Å². The summed E-state index contributed by atoms with van der Waals surface area (Å²) in [5.74, 6) is 0.602. The van der Waals surface area contributed by atoms with E-state index in [9.17, 15) is 4.79 Å². The molecular formula is C20H24B4N4O. The van der Waals surface area contributed by atoms with Crippen molar-refractivity contribution in [2.45, 2.75) is 12.8 Å². The third-order valence-electron chi connectivity index (χ3n) is 6.02. The Morgan fingerprint density at radius 1 is 1.00 bits per heavy atom. The maximum atomic E-state index is 12.4. The first kappa shape index (κ1) is 19.8. The second kappa shape index (κ2) is 8.07. The molecule has 3 heterocycles. The highest BCUT2D eigenvalue weighted by Crippen LogP contribution is 2.23. The van der Waals surface area contributed by atoms with Crippen molar-refractivity contribution < 1.29 is 4.79 Å². The average Bonchev–Trinajstić information content (AvgIpc) is 3.19. The third kappa shape index (κ3) is 4.10. The number of amides is 1. The fourth-order valence-corrected chi connectivity index (χ4v) is 4.24. The van der Waals surface area contributed by atoms with Crippen LogP contribution < -0.4 is 27.4 Å². The molecule has 0 bridgehead atoms. The van der Waals surface area contributed by atoms with E-state index in [1.165, 1.54) is 29.3 Å². The van der Waals surface area contributed by atoms with Gasteiger partial charge in [0, 0.05) is 17.2 Å². The number of hydrogen-bond acceptors (Lipinski definition) is 4. The van der Waals surface area contributed by atoms with Crippen LogP contribution in [0, 0.1) is 0 Å². The molecular weight excluding hydrogens is 355 g/mol. The lowest BCUT2D eigenvalue weighted by Gasteiger charge is -2.16. The van der Waals surface area contributed by atoms with Crippen LogP contribution in [0.25, 0.3) is 21.9 Å². The maximum absolute atomic E-state index is 12.4. The van der Waals surface area contributed by atoms with Crippen molar-refractivity contribution in [3.63, 3.8) is 0 Å². The molecule has 1 N–H and O–H groups in total. The highest BCUT2D eigenvalue weighted by atomic mass is 16.2. The molecule has 1 aromatic carbocycles. The lowest BCUT2D eigenvalue weighted by Crippen LogP contribution is -2.47. The van der Waals surface area contributed by atoms with Crippen LogP contribution in [-0.4, -0.2) is 71.8 Å². The zero-order valence-corrected chi connectivity index (χ0v) is 17.7. The van der Waals surface area contributed by atoms with E-state index in [-0.39, 0.29) is 5.91 Å². The molecule has 4 rings (SSSR count). The molecule has 0 radical (unpaired) electrons. The van der Waals surface area contributed by atoms with Gasteiger partial charge in [-0.05, 0) is 60.2 Å². The van der Waals surface area contributed by atoms with Crippen molar-refractivity contribution >= 4 is 76.0 Å². The van der Waals surface area contributed by atoms with Gasteiger partial charge in [0.05, 0.1) is 6.54 Å². The molecule has 0 atom stereocenters. The van der Waals surface area contributed by atoms with E-state index in [1.807, 2.05) is 12.3 Å². The largest absolute Gasteiger partial charge is 0.310 e. The quantitative estimate of drug-likeness (QED) is 0.475. The van der Waals surface area contributed by atoms with Crippen molar-refractivity contribution in [3.8, 4) is 11.1 Å². The second-order valence-electron chi connectivity index (χ2n) is 8.07. The summed E-state index contributed by atoms with van der Waals surface area (Å²) in [4.78, 5) is 23.7. The summed E-state index contributed by atoms with van der Waals surface area (Å²) >= 11 is 0. The Labute approximate surface area is 175 Å². The molecule has 0 spiro atoms. The standard InChI is InChI=1S/C20H24B4N4O/c21-17-16(19(23)27-20(24)18(17)22)11-3-4-12-9-25-14(8-13(12)7-11)26-15(29)10-28-5-1-2-6-28/h3-4,7-9H,1-2,5-6,10,21-24H2,(H,25,26,29). The van der Waals surface area contributed by atoms with Crippen molar-refractivity contribution in [3.05, 3.63) is 30.5 Å². The summed E-state index contributed by atoms with van der Waals surface area (Å²) < 4.78 is 0. The summed E-state index contributed by atoms with van der Waals surface area (Å²) in [5, 5.41) is 5.07. The minimum Gasteiger partial charge on any atom is -0.310 e. The first-order valence-corrected chi connectivity index (χ1v) is 10.3. The molecule has 3 aromatic rings. The number of hydrogen-bond donors (Lipinski definition) is 1. The molecule has 1 amide bonds. The predicted octanol–water partition coefficient (Wildman–Crippen LogP) is -3.64. The third-order valence-corrected chi connectivity index (χ3v) is 6.02. The molecule has 5 nitrogen and oxygen atoms in total. The van der Waals surface area contributed by atoms with Crippen molar-refractivity contribution in [2.24, 2.45) is 0 Å². The number of anilines is 1. The van der Waals surface area contributed by atoms with E-state index in [4.69, 9.17) is 4.98 Å². The molecule has 0 aliphatic carbocycles. The minimum atomic E-state index is -0.0000437. The van der Waals surface area contributed by atoms with Gasteiger partial charge in [-0.2, -0.15) is 0 Å². The van der Waals surface area contributed by atoms with Gasteiger partial charge in [-0.15, -0.1) is 0 Å². The molecule has 1 saturated heterocycles. The monoisotopic (exact) mass is 380 g/mol. The zero-order chi connectivity index (χ0) is 20.5. The Morgan fingerprint density at radius 2 is 1.76 bits per heavy atom. The molecule has 9 heteroatoms. The number of fused-ring (bicyclic) bond motifs is 1. The van der Waals surface area contributed by atoms with Gasteiger partial charge in [-0.1, -0.05) is 23.1 Å². The van der Waals surface area contributed by atoms with Crippen LogP contribution in [0.4, 0.5) is 5.82 Å². The number of nitrogens with one attached hydrogen (secondary N) is 1. The lowest BCUT2D eigenvalue weighted by atomic mass is 9.70.